The molecule has 0 aromatic heterocycles. The fourth-order valence-electron chi connectivity index (χ4n) is 1.05. The maximum absolute atomic E-state index is 11.6. The maximum atomic E-state index is 11.6. The Hall–Kier alpha value is -0.540. The molecule has 1 rings (SSSR count). The van der Waals surface area contributed by atoms with Gasteiger partial charge in [-0.1, -0.05) is 41.4 Å². The van der Waals surface area contributed by atoms with Gasteiger partial charge in [-0.15, -0.1) is 0 Å². The van der Waals surface area contributed by atoms with Crippen molar-refractivity contribution in [3.63, 3.8) is 0 Å². The molecular formula is C11H13BrClNO. The van der Waals surface area contributed by atoms with Crippen molar-refractivity contribution in [1.82, 2.24) is 0 Å². The summed E-state index contributed by atoms with van der Waals surface area (Å²) < 4.78 is 0. The standard InChI is InChI=1S/C11H13BrClNO/c1-7(2)10(12)11(15)14-9-5-3-8(13)4-6-9/h3-7,10H,1-2H3,(H,14,15). The number of nitrogens with one attached hydrogen (secondary N) is 1. The molecule has 0 fully saturated rings. The number of rotatable bonds is 3. The monoisotopic (exact) mass is 289 g/mol. The van der Waals surface area contributed by atoms with Gasteiger partial charge in [-0.3, -0.25) is 4.79 Å². The van der Waals surface area contributed by atoms with Crippen LogP contribution in [0, 0.1) is 5.92 Å². The number of anilines is 1. The summed E-state index contributed by atoms with van der Waals surface area (Å²) in [6, 6.07) is 7.05. The summed E-state index contributed by atoms with van der Waals surface area (Å²) in [5, 5.41) is 3.47. The van der Waals surface area contributed by atoms with E-state index in [1.807, 2.05) is 13.8 Å². The summed E-state index contributed by atoms with van der Waals surface area (Å²) in [6.45, 7) is 3.97. The van der Waals surface area contributed by atoms with E-state index >= 15 is 0 Å². The van der Waals surface area contributed by atoms with Crippen LogP contribution in [-0.4, -0.2) is 10.7 Å². The Morgan fingerprint density at radius 1 is 1.33 bits per heavy atom. The summed E-state index contributed by atoms with van der Waals surface area (Å²) in [7, 11) is 0. The molecule has 0 bridgehead atoms. The van der Waals surface area contributed by atoms with Gasteiger partial charge < -0.3 is 5.32 Å². The fourth-order valence-corrected chi connectivity index (χ4v) is 1.29. The van der Waals surface area contributed by atoms with E-state index in [1.165, 1.54) is 0 Å². The van der Waals surface area contributed by atoms with Gasteiger partial charge in [0.25, 0.3) is 0 Å². The highest BCUT2D eigenvalue weighted by molar-refractivity contribution is 9.10. The average molecular weight is 291 g/mol. The number of alkyl halides is 1. The summed E-state index contributed by atoms with van der Waals surface area (Å²) >= 11 is 9.08. The van der Waals surface area contributed by atoms with E-state index in [-0.39, 0.29) is 16.7 Å². The molecule has 0 spiro atoms. The van der Waals surface area contributed by atoms with Crippen molar-refractivity contribution in [2.24, 2.45) is 5.92 Å². The second-order valence-electron chi connectivity index (χ2n) is 3.64. The molecule has 0 radical (unpaired) electrons. The molecule has 0 saturated carbocycles. The van der Waals surface area contributed by atoms with Gasteiger partial charge >= 0.3 is 0 Å². The molecule has 0 aliphatic rings. The molecule has 15 heavy (non-hydrogen) atoms. The zero-order valence-electron chi connectivity index (χ0n) is 8.63. The molecule has 0 heterocycles. The Labute approximate surface area is 103 Å². The molecule has 1 aromatic rings. The van der Waals surface area contributed by atoms with Crippen molar-refractivity contribution in [3.05, 3.63) is 29.3 Å². The largest absolute Gasteiger partial charge is 0.325 e. The number of amides is 1. The molecule has 2 nitrogen and oxygen atoms in total. The highest BCUT2D eigenvalue weighted by Gasteiger charge is 2.18. The number of carbonyl (C=O) groups is 1. The summed E-state index contributed by atoms with van der Waals surface area (Å²) in [5.41, 5.74) is 0.759. The molecule has 0 aliphatic heterocycles. The lowest BCUT2D eigenvalue weighted by atomic mass is 10.1. The van der Waals surface area contributed by atoms with Gasteiger partial charge in [0.2, 0.25) is 5.91 Å². The second kappa shape index (κ2) is 5.52. The zero-order valence-corrected chi connectivity index (χ0v) is 11.0. The van der Waals surface area contributed by atoms with E-state index in [0.717, 1.165) is 5.69 Å². The number of hydrogen-bond donors (Lipinski definition) is 1. The molecule has 82 valence electrons. The number of halogens is 2. The summed E-state index contributed by atoms with van der Waals surface area (Å²) in [6.07, 6.45) is 0. The second-order valence-corrected chi connectivity index (χ2v) is 5.06. The normalized spacial score (nSPS) is 12.6. The van der Waals surface area contributed by atoms with Gasteiger partial charge in [-0.05, 0) is 30.2 Å². The molecule has 1 N–H and O–H groups in total. The zero-order chi connectivity index (χ0) is 11.4. The third-order valence-electron chi connectivity index (χ3n) is 1.95. The molecule has 4 heteroatoms. The highest BCUT2D eigenvalue weighted by atomic mass is 79.9. The van der Waals surface area contributed by atoms with Crippen molar-refractivity contribution in [1.29, 1.82) is 0 Å². The molecule has 0 aliphatic carbocycles. The third kappa shape index (κ3) is 3.84. The van der Waals surface area contributed by atoms with Gasteiger partial charge in [-0.25, -0.2) is 0 Å². The lowest BCUT2D eigenvalue weighted by Gasteiger charge is -2.13. The molecule has 1 atom stereocenters. The number of hydrogen-bond acceptors (Lipinski definition) is 1. The summed E-state index contributed by atoms with van der Waals surface area (Å²) in [4.78, 5) is 11.5. The lowest BCUT2D eigenvalue weighted by Crippen LogP contribution is -2.26. The van der Waals surface area contributed by atoms with Crippen molar-refractivity contribution in [2.75, 3.05) is 5.32 Å². The van der Waals surface area contributed by atoms with Crippen LogP contribution in [0.3, 0.4) is 0 Å². The number of carbonyl (C=O) groups excluding carboxylic acids is 1. The van der Waals surface area contributed by atoms with Crippen LogP contribution in [0.2, 0.25) is 5.02 Å². The van der Waals surface area contributed by atoms with Crippen LogP contribution in [0.1, 0.15) is 13.8 Å². The maximum Gasteiger partial charge on any atom is 0.238 e. The van der Waals surface area contributed by atoms with Gasteiger partial charge in [0.05, 0.1) is 4.83 Å². The fraction of sp³-hybridized carbons (Fsp3) is 0.364. The lowest BCUT2D eigenvalue weighted by molar-refractivity contribution is -0.116. The molecule has 1 unspecified atom stereocenters. The van der Waals surface area contributed by atoms with Gasteiger partial charge in [-0.2, -0.15) is 0 Å². The van der Waals surface area contributed by atoms with Crippen LogP contribution in [0.15, 0.2) is 24.3 Å². The van der Waals surface area contributed by atoms with Crippen molar-refractivity contribution < 1.29 is 4.79 Å². The first-order valence-electron chi connectivity index (χ1n) is 4.71. The third-order valence-corrected chi connectivity index (χ3v) is 3.67. The van der Waals surface area contributed by atoms with Crippen molar-refractivity contribution in [2.45, 2.75) is 18.7 Å². The first kappa shape index (κ1) is 12.5. The van der Waals surface area contributed by atoms with Gasteiger partial charge in [0, 0.05) is 10.7 Å². The van der Waals surface area contributed by atoms with E-state index in [4.69, 9.17) is 11.6 Å². The van der Waals surface area contributed by atoms with Gasteiger partial charge in [0.15, 0.2) is 0 Å². The Balaban J connectivity index is 2.62. The SMILES string of the molecule is CC(C)C(Br)C(=O)Nc1ccc(Cl)cc1. The number of benzene rings is 1. The Morgan fingerprint density at radius 2 is 1.87 bits per heavy atom. The minimum atomic E-state index is -0.173. The highest BCUT2D eigenvalue weighted by Crippen LogP contribution is 2.17. The van der Waals surface area contributed by atoms with E-state index in [1.54, 1.807) is 24.3 Å². The topological polar surface area (TPSA) is 29.1 Å². The van der Waals surface area contributed by atoms with E-state index in [9.17, 15) is 4.79 Å². The van der Waals surface area contributed by atoms with Gasteiger partial charge in [0.1, 0.15) is 0 Å². The van der Waals surface area contributed by atoms with E-state index in [2.05, 4.69) is 21.2 Å². The van der Waals surface area contributed by atoms with Crippen LogP contribution in [-0.2, 0) is 4.79 Å². The van der Waals surface area contributed by atoms with Crippen molar-refractivity contribution in [3.8, 4) is 0 Å². The van der Waals surface area contributed by atoms with Crippen LogP contribution >= 0.6 is 27.5 Å². The average Bonchev–Trinajstić information content (AvgIpc) is 2.20. The van der Waals surface area contributed by atoms with Crippen LogP contribution in [0.4, 0.5) is 5.69 Å². The van der Waals surface area contributed by atoms with E-state index < -0.39 is 0 Å². The molecule has 0 saturated heterocycles. The van der Waals surface area contributed by atoms with Crippen LogP contribution in [0.5, 0.6) is 0 Å². The molecule has 1 aromatic carbocycles. The van der Waals surface area contributed by atoms with Crippen LogP contribution < -0.4 is 5.32 Å². The quantitative estimate of drug-likeness (QED) is 0.845. The predicted molar refractivity (Wildman–Crippen MR) is 67.6 cm³/mol. The summed E-state index contributed by atoms with van der Waals surface area (Å²) in [5.74, 6) is 0.227. The molecular weight excluding hydrogens is 277 g/mol. The Kier molecular flexibility index (Phi) is 4.61. The minimum Gasteiger partial charge on any atom is -0.325 e. The minimum absolute atomic E-state index is 0.0349. The van der Waals surface area contributed by atoms with Crippen LogP contribution in [0.25, 0.3) is 0 Å². The smallest absolute Gasteiger partial charge is 0.238 e. The first-order valence-corrected chi connectivity index (χ1v) is 6.00. The Bertz CT molecular complexity index is 337. The van der Waals surface area contributed by atoms with E-state index in [0.29, 0.717) is 5.02 Å². The molecule has 1 amide bonds. The predicted octanol–water partition coefficient (Wildman–Crippen LogP) is 3.70. The first-order chi connectivity index (χ1) is 7.00. The Morgan fingerprint density at radius 3 is 2.33 bits per heavy atom. The van der Waals surface area contributed by atoms with Crippen molar-refractivity contribution >= 4 is 39.1 Å².